The minimum atomic E-state index is 0.626. The summed E-state index contributed by atoms with van der Waals surface area (Å²) < 4.78 is 7.14. The summed E-state index contributed by atoms with van der Waals surface area (Å²) in [5.41, 5.74) is 0. The van der Waals surface area contributed by atoms with Crippen molar-refractivity contribution in [2.24, 2.45) is 0 Å². The maximum atomic E-state index is 5.25. The zero-order valence-electron chi connectivity index (χ0n) is 9.67. The summed E-state index contributed by atoms with van der Waals surface area (Å²) in [6.45, 7) is 4.98. The number of hydrogen-bond donors (Lipinski definition) is 1. The molecular formula is C10H15N5OS. The van der Waals surface area contributed by atoms with Crippen LogP contribution in [0.5, 0.6) is 5.19 Å². The normalized spacial score (nSPS) is 10.6. The van der Waals surface area contributed by atoms with Gasteiger partial charge >= 0.3 is 0 Å². The molecule has 2 aromatic heterocycles. The lowest BCUT2D eigenvalue weighted by Gasteiger charge is -2.02. The largest absolute Gasteiger partial charge is 0.469 e. The topological polar surface area (TPSA) is 64.9 Å². The molecule has 0 unspecified atom stereocenters. The van der Waals surface area contributed by atoms with Crippen molar-refractivity contribution >= 4 is 11.3 Å². The van der Waals surface area contributed by atoms with Gasteiger partial charge in [-0.15, -0.1) is 10.2 Å². The standard InChI is InChI=1S/C10H15N5OS/c1-2-16-10-14-13-9(17-10)8-11-5-7-15-6-3-4-12-15/h3-4,6,11H,2,5,7-8H2,1H3. The molecule has 17 heavy (non-hydrogen) atoms. The van der Waals surface area contributed by atoms with Crippen LogP contribution in [0.3, 0.4) is 0 Å². The fraction of sp³-hybridized carbons (Fsp3) is 0.500. The first-order valence-electron chi connectivity index (χ1n) is 5.52. The van der Waals surface area contributed by atoms with Crippen molar-refractivity contribution in [2.75, 3.05) is 13.2 Å². The first-order valence-corrected chi connectivity index (χ1v) is 6.33. The number of nitrogens with zero attached hydrogens (tertiary/aromatic N) is 4. The van der Waals surface area contributed by atoms with Gasteiger partial charge < -0.3 is 10.1 Å². The Balaban J connectivity index is 1.67. The monoisotopic (exact) mass is 253 g/mol. The lowest BCUT2D eigenvalue weighted by Crippen LogP contribution is -2.19. The Kier molecular flexibility index (Phi) is 4.45. The van der Waals surface area contributed by atoms with Gasteiger partial charge in [-0.2, -0.15) is 5.10 Å². The van der Waals surface area contributed by atoms with Gasteiger partial charge in [0, 0.05) is 25.5 Å². The van der Waals surface area contributed by atoms with Gasteiger partial charge in [-0.25, -0.2) is 0 Å². The van der Waals surface area contributed by atoms with Crippen LogP contribution >= 0.6 is 11.3 Å². The highest BCUT2D eigenvalue weighted by Crippen LogP contribution is 2.16. The van der Waals surface area contributed by atoms with E-state index < -0.39 is 0 Å². The second-order valence-corrected chi connectivity index (χ2v) is 4.37. The minimum Gasteiger partial charge on any atom is -0.469 e. The van der Waals surface area contributed by atoms with Crippen LogP contribution in [0, 0.1) is 0 Å². The zero-order valence-corrected chi connectivity index (χ0v) is 10.5. The third-order valence-corrected chi connectivity index (χ3v) is 2.90. The van der Waals surface area contributed by atoms with Gasteiger partial charge in [0.05, 0.1) is 13.2 Å². The summed E-state index contributed by atoms with van der Waals surface area (Å²) in [4.78, 5) is 0. The Morgan fingerprint density at radius 1 is 1.47 bits per heavy atom. The smallest absolute Gasteiger partial charge is 0.294 e. The molecule has 0 amide bonds. The molecule has 0 saturated heterocycles. The Morgan fingerprint density at radius 3 is 3.18 bits per heavy atom. The van der Waals surface area contributed by atoms with Crippen LogP contribution in [0.4, 0.5) is 0 Å². The summed E-state index contributed by atoms with van der Waals surface area (Å²) in [7, 11) is 0. The molecule has 92 valence electrons. The molecule has 0 fully saturated rings. The molecule has 0 aliphatic rings. The number of nitrogens with one attached hydrogen (secondary N) is 1. The number of ether oxygens (including phenoxy) is 1. The molecule has 0 bridgehead atoms. The SMILES string of the molecule is CCOc1nnc(CNCCn2cccn2)s1. The molecule has 0 aromatic carbocycles. The second kappa shape index (κ2) is 6.31. The fourth-order valence-corrected chi connectivity index (χ4v) is 2.03. The van der Waals surface area contributed by atoms with Crippen LogP contribution in [0.2, 0.25) is 0 Å². The quantitative estimate of drug-likeness (QED) is 0.743. The average Bonchev–Trinajstić information content (AvgIpc) is 2.96. The minimum absolute atomic E-state index is 0.626. The van der Waals surface area contributed by atoms with Crippen molar-refractivity contribution in [3.05, 3.63) is 23.5 Å². The van der Waals surface area contributed by atoms with Crippen LogP contribution in [0.25, 0.3) is 0 Å². The lowest BCUT2D eigenvalue weighted by molar-refractivity contribution is 0.335. The van der Waals surface area contributed by atoms with E-state index in [2.05, 4.69) is 20.6 Å². The van der Waals surface area contributed by atoms with E-state index in [9.17, 15) is 0 Å². The predicted octanol–water partition coefficient (Wildman–Crippen LogP) is 0.923. The van der Waals surface area contributed by atoms with Gasteiger partial charge in [0.15, 0.2) is 0 Å². The number of aromatic nitrogens is 4. The molecule has 1 N–H and O–H groups in total. The van der Waals surface area contributed by atoms with Crippen LogP contribution in [0.1, 0.15) is 11.9 Å². The summed E-state index contributed by atoms with van der Waals surface area (Å²) >= 11 is 1.48. The zero-order chi connectivity index (χ0) is 11.9. The van der Waals surface area contributed by atoms with E-state index >= 15 is 0 Å². The van der Waals surface area contributed by atoms with E-state index in [-0.39, 0.29) is 0 Å². The summed E-state index contributed by atoms with van der Waals surface area (Å²) in [6.07, 6.45) is 3.72. The van der Waals surface area contributed by atoms with E-state index in [1.54, 1.807) is 6.20 Å². The molecule has 7 heteroatoms. The van der Waals surface area contributed by atoms with E-state index in [1.807, 2.05) is 23.9 Å². The van der Waals surface area contributed by atoms with Crippen molar-refractivity contribution in [1.82, 2.24) is 25.3 Å². The molecule has 6 nitrogen and oxygen atoms in total. The fourth-order valence-electron chi connectivity index (χ4n) is 1.31. The van der Waals surface area contributed by atoms with Gasteiger partial charge in [-0.3, -0.25) is 4.68 Å². The predicted molar refractivity (Wildman–Crippen MR) is 65.0 cm³/mol. The molecule has 0 radical (unpaired) electrons. The molecule has 0 atom stereocenters. The Morgan fingerprint density at radius 2 is 2.41 bits per heavy atom. The average molecular weight is 253 g/mol. The highest BCUT2D eigenvalue weighted by Gasteiger charge is 2.03. The maximum Gasteiger partial charge on any atom is 0.294 e. The van der Waals surface area contributed by atoms with Crippen molar-refractivity contribution < 1.29 is 4.74 Å². The van der Waals surface area contributed by atoms with E-state index in [0.717, 1.165) is 18.1 Å². The Hall–Kier alpha value is -1.47. The summed E-state index contributed by atoms with van der Waals surface area (Å²) in [5, 5.41) is 16.9. The first-order chi connectivity index (χ1) is 8.38. The molecule has 2 heterocycles. The maximum absolute atomic E-state index is 5.25. The Labute approximate surface area is 104 Å². The van der Waals surface area contributed by atoms with Gasteiger partial charge in [0.25, 0.3) is 5.19 Å². The van der Waals surface area contributed by atoms with Crippen molar-refractivity contribution in [2.45, 2.75) is 20.0 Å². The van der Waals surface area contributed by atoms with Crippen LogP contribution < -0.4 is 10.1 Å². The van der Waals surface area contributed by atoms with Gasteiger partial charge in [-0.05, 0) is 13.0 Å². The molecule has 2 aromatic rings. The summed E-state index contributed by atoms with van der Waals surface area (Å²) in [6, 6.07) is 1.92. The van der Waals surface area contributed by atoms with Crippen molar-refractivity contribution in [3.8, 4) is 5.19 Å². The van der Waals surface area contributed by atoms with Crippen LogP contribution in [-0.4, -0.2) is 33.1 Å². The van der Waals surface area contributed by atoms with E-state index in [1.165, 1.54) is 11.3 Å². The van der Waals surface area contributed by atoms with Gasteiger partial charge in [-0.1, -0.05) is 11.3 Å². The molecule has 0 aliphatic heterocycles. The van der Waals surface area contributed by atoms with E-state index in [4.69, 9.17) is 4.74 Å². The van der Waals surface area contributed by atoms with Crippen molar-refractivity contribution in [1.29, 1.82) is 0 Å². The molecule has 0 saturated carbocycles. The molecular weight excluding hydrogens is 238 g/mol. The molecule has 2 rings (SSSR count). The first kappa shape index (κ1) is 12.0. The second-order valence-electron chi connectivity index (χ2n) is 3.34. The van der Waals surface area contributed by atoms with Gasteiger partial charge in [0.2, 0.25) is 0 Å². The van der Waals surface area contributed by atoms with Gasteiger partial charge in [0.1, 0.15) is 5.01 Å². The Bertz CT molecular complexity index is 428. The van der Waals surface area contributed by atoms with Crippen LogP contribution in [-0.2, 0) is 13.1 Å². The number of rotatable bonds is 7. The summed E-state index contributed by atoms with van der Waals surface area (Å²) in [5.74, 6) is 0. The highest BCUT2D eigenvalue weighted by molar-refractivity contribution is 7.13. The van der Waals surface area contributed by atoms with E-state index in [0.29, 0.717) is 18.3 Å². The number of hydrogen-bond acceptors (Lipinski definition) is 6. The molecule has 0 spiro atoms. The highest BCUT2D eigenvalue weighted by atomic mass is 32.1. The third-order valence-electron chi connectivity index (χ3n) is 2.07. The lowest BCUT2D eigenvalue weighted by atomic mass is 10.6. The van der Waals surface area contributed by atoms with Crippen LogP contribution in [0.15, 0.2) is 18.5 Å². The van der Waals surface area contributed by atoms with Crippen molar-refractivity contribution in [3.63, 3.8) is 0 Å². The third kappa shape index (κ3) is 3.79. The molecule has 0 aliphatic carbocycles.